The van der Waals surface area contributed by atoms with Gasteiger partial charge in [0.15, 0.2) is 29.3 Å². The van der Waals surface area contributed by atoms with Gasteiger partial charge in [-0.15, -0.1) is 0 Å². The third-order valence-electron chi connectivity index (χ3n) is 11.1. The Morgan fingerprint density at radius 3 is 1.85 bits per heavy atom. The van der Waals surface area contributed by atoms with Crippen LogP contribution in [0.25, 0.3) is 12.2 Å². The number of ether oxygens (including phenoxy) is 8. The Kier molecular flexibility index (Phi) is 14.3. The number of aliphatic hydroxyl groups is 10. The smallest absolute Gasteiger partial charge is 0.330 e. The summed E-state index contributed by atoms with van der Waals surface area (Å²) in [6, 6.07) is 10.1. The lowest BCUT2D eigenvalue weighted by Gasteiger charge is -2.42. The van der Waals surface area contributed by atoms with Crippen LogP contribution in [0, 0.1) is 0 Å². The van der Waals surface area contributed by atoms with Crippen LogP contribution >= 0.6 is 0 Å². The Morgan fingerprint density at radius 2 is 1.22 bits per heavy atom. The zero-order valence-electron chi connectivity index (χ0n) is 34.0. The molecule has 16 atom stereocenters. The molecule has 3 saturated heterocycles. The number of phenols is 5. The fourth-order valence-corrected chi connectivity index (χ4v) is 7.36. The topological polar surface area (TPSA) is 378 Å². The summed E-state index contributed by atoms with van der Waals surface area (Å²) in [6.45, 7) is 0.124. The summed E-state index contributed by atoms with van der Waals surface area (Å²) in [5, 5.41) is 147. The number of benzene rings is 3. The van der Waals surface area contributed by atoms with Crippen LogP contribution in [-0.2, 0) is 33.2 Å². The Morgan fingerprint density at radius 1 is 0.646 bits per heavy atom. The van der Waals surface area contributed by atoms with Crippen molar-refractivity contribution in [1.29, 1.82) is 0 Å². The first-order chi connectivity index (χ1) is 30.8. The lowest BCUT2D eigenvalue weighted by molar-refractivity contribution is -0.325. The molecule has 4 aliphatic heterocycles. The zero-order chi connectivity index (χ0) is 47.0. The second kappa shape index (κ2) is 19.5. The van der Waals surface area contributed by atoms with Crippen molar-refractivity contribution in [3.05, 3.63) is 77.1 Å². The Balaban J connectivity index is 1.14. The SMILES string of the molecule is C[C@H]1O[C@@H](OC[C@H]2O[C@@H](OC3=Cc4c(O[C@@H]5O[C@H](COC(=O)/C=C/c6ccc(O)cc6)[C@@H](O)[C@H](O)[C@H]5O)cc(O)cc4[OH+]C3c3cc(O)c(O)c(O)c3)[C@H](O)[C@H](O)[C@H]2O)[C@@H](O)[C@@H](O)[C@H]1O. The molecule has 3 fully saturated rings. The molecule has 0 spiro atoms. The molecule has 0 saturated carbocycles. The van der Waals surface area contributed by atoms with E-state index in [2.05, 4.69) is 4.74 Å². The second-order valence-electron chi connectivity index (χ2n) is 15.7. The summed E-state index contributed by atoms with van der Waals surface area (Å²) in [6.07, 6.45) is -23.3. The molecule has 0 bridgehead atoms. The van der Waals surface area contributed by atoms with Gasteiger partial charge in [0.05, 0.1) is 24.3 Å². The van der Waals surface area contributed by atoms with Gasteiger partial charge in [0.1, 0.15) is 96.6 Å². The maximum Gasteiger partial charge on any atom is 0.330 e. The standard InChI is InChI=1S/C42H48O23/c1-15-29(48)33(52)36(55)40(60-15)59-14-27-32(51)35(54)38(57)42(65-27)63-25-12-20-23(61-39(25)17-8-21(45)30(49)22(46)9-17)10-19(44)11-24(20)62-41-37(56)34(53)31(50)26(64-41)13-58-28(47)7-4-16-2-5-18(43)6-3-16/h2-12,15,26-27,29,31-46,48-57H,13-14H2,1H3/p+1/b7-4+/t15-,26-,27-,29+,31-,32+,33+,34+,35-,36+,37-,38-,39?,40-,41-,42-/m1/s1. The van der Waals surface area contributed by atoms with E-state index in [4.69, 9.17) is 33.2 Å². The predicted octanol–water partition coefficient (Wildman–Crippen LogP) is -2.34. The minimum Gasteiger partial charge on any atom is -0.571 e. The van der Waals surface area contributed by atoms with E-state index in [0.29, 0.717) is 5.56 Å². The maximum atomic E-state index is 12.5. The van der Waals surface area contributed by atoms with Crippen LogP contribution in [-0.4, -0.2) is 188 Å². The van der Waals surface area contributed by atoms with Gasteiger partial charge in [0.25, 0.3) is 11.9 Å². The number of carbonyl (C=O) groups excluding carboxylic acids is 1. The molecule has 4 aliphatic rings. The average Bonchev–Trinajstić information content (AvgIpc) is 3.27. The van der Waals surface area contributed by atoms with E-state index in [1.807, 2.05) is 0 Å². The van der Waals surface area contributed by atoms with E-state index < -0.39 is 140 Å². The highest BCUT2D eigenvalue weighted by Crippen LogP contribution is 2.48. The zero-order valence-corrected chi connectivity index (χ0v) is 34.0. The number of hydrogen-bond acceptors (Lipinski definition) is 22. The van der Waals surface area contributed by atoms with Crippen LogP contribution < -0.4 is 4.74 Å². The van der Waals surface area contributed by atoms with Gasteiger partial charge in [0, 0.05) is 18.2 Å². The highest BCUT2D eigenvalue weighted by atomic mass is 16.7. The van der Waals surface area contributed by atoms with Crippen molar-refractivity contribution < 1.29 is 114 Å². The first-order valence-corrected chi connectivity index (χ1v) is 20.0. The van der Waals surface area contributed by atoms with Gasteiger partial charge in [-0.3, -0.25) is 0 Å². The lowest BCUT2D eigenvalue weighted by Crippen LogP contribution is -2.61. The van der Waals surface area contributed by atoms with Crippen molar-refractivity contribution in [2.75, 3.05) is 13.2 Å². The summed E-state index contributed by atoms with van der Waals surface area (Å²) in [4.78, 5) is 12.5. The molecule has 3 aromatic carbocycles. The van der Waals surface area contributed by atoms with Crippen LogP contribution in [0.5, 0.6) is 40.2 Å². The molecule has 15 N–H and O–H groups in total. The van der Waals surface area contributed by atoms with Gasteiger partial charge in [0.2, 0.25) is 12.6 Å². The normalized spacial score (nSPS) is 34.8. The number of carbonyl (C=O) groups is 1. The highest BCUT2D eigenvalue weighted by Gasteiger charge is 2.50. The number of phenolic OH excluding ortho intramolecular Hbond substituents is 5. The van der Waals surface area contributed by atoms with Gasteiger partial charge in [-0.2, -0.15) is 0 Å². The molecule has 0 radical (unpaired) electrons. The Bertz CT molecular complexity index is 2190. The maximum absolute atomic E-state index is 12.5. The van der Waals surface area contributed by atoms with Gasteiger partial charge in [-0.1, -0.05) is 12.1 Å². The molecular formula is C42H49O23+. The molecule has 1 unspecified atom stereocenters. The van der Waals surface area contributed by atoms with E-state index >= 15 is 0 Å². The fraction of sp³-hybridized carbons (Fsp3) is 0.452. The van der Waals surface area contributed by atoms with Gasteiger partial charge in [-0.25, -0.2) is 4.79 Å². The minimum absolute atomic E-state index is 0.0136. The van der Waals surface area contributed by atoms with Crippen molar-refractivity contribution in [3.63, 3.8) is 0 Å². The average molecular weight is 922 g/mol. The van der Waals surface area contributed by atoms with Crippen LogP contribution in [0.1, 0.15) is 29.7 Å². The van der Waals surface area contributed by atoms with E-state index in [0.717, 1.165) is 30.3 Å². The highest BCUT2D eigenvalue weighted by molar-refractivity contribution is 5.87. The first-order valence-electron chi connectivity index (χ1n) is 20.0. The third kappa shape index (κ3) is 10.2. The van der Waals surface area contributed by atoms with Crippen LogP contribution in [0.15, 0.2) is 60.4 Å². The molecule has 65 heavy (non-hydrogen) atoms. The summed E-state index contributed by atoms with van der Waals surface area (Å²) in [7, 11) is 0. The van der Waals surface area contributed by atoms with Crippen molar-refractivity contribution >= 4 is 18.1 Å². The molecule has 7 rings (SSSR count). The third-order valence-corrected chi connectivity index (χ3v) is 11.1. The Labute approximate surface area is 367 Å². The molecule has 3 aromatic rings. The Hall–Kier alpha value is -5.51. The summed E-state index contributed by atoms with van der Waals surface area (Å²) in [5.41, 5.74) is 0.460. The summed E-state index contributed by atoms with van der Waals surface area (Å²) in [5.74, 6) is -4.47. The lowest BCUT2D eigenvalue weighted by atomic mass is 9.98. The van der Waals surface area contributed by atoms with Crippen LogP contribution in [0.4, 0.5) is 0 Å². The fourth-order valence-electron chi connectivity index (χ4n) is 7.36. The van der Waals surface area contributed by atoms with E-state index in [1.54, 1.807) is 0 Å². The van der Waals surface area contributed by atoms with Gasteiger partial charge in [-0.05, 0) is 42.8 Å². The van der Waals surface area contributed by atoms with Crippen LogP contribution in [0.2, 0.25) is 0 Å². The molecule has 0 aliphatic carbocycles. The summed E-state index contributed by atoms with van der Waals surface area (Å²) >= 11 is 0. The molecule has 0 aromatic heterocycles. The van der Waals surface area contributed by atoms with E-state index in [9.17, 15) is 76.3 Å². The molecule has 4 heterocycles. The number of rotatable bonds is 12. The molecular weight excluding hydrogens is 872 g/mol. The first kappa shape index (κ1) is 47.5. The molecule has 0 amide bonds. The number of fused-ring (bicyclic) bond motifs is 1. The predicted molar refractivity (Wildman–Crippen MR) is 213 cm³/mol. The summed E-state index contributed by atoms with van der Waals surface area (Å²) < 4.78 is 44.3. The van der Waals surface area contributed by atoms with Crippen molar-refractivity contribution in [3.8, 4) is 40.2 Å². The van der Waals surface area contributed by atoms with E-state index in [-0.39, 0.29) is 34.1 Å². The minimum atomic E-state index is -2.00. The van der Waals surface area contributed by atoms with Gasteiger partial charge >= 0.3 is 5.97 Å². The van der Waals surface area contributed by atoms with Crippen molar-refractivity contribution in [2.45, 2.75) is 105 Å². The van der Waals surface area contributed by atoms with Crippen molar-refractivity contribution in [2.24, 2.45) is 0 Å². The van der Waals surface area contributed by atoms with Crippen LogP contribution in [0.3, 0.4) is 0 Å². The monoisotopic (exact) mass is 921 g/mol. The quantitative estimate of drug-likeness (QED) is 0.0392. The number of esters is 1. The number of aromatic hydroxyl groups is 6. The molecule has 23 heteroatoms. The largest absolute Gasteiger partial charge is 0.571 e. The molecule has 354 valence electrons. The number of aliphatic hydroxyl groups excluding tert-OH is 9. The molecule has 23 nitrogen and oxygen atoms in total. The van der Waals surface area contributed by atoms with Crippen molar-refractivity contribution in [1.82, 2.24) is 0 Å². The van der Waals surface area contributed by atoms with Gasteiger partial charge < -0.3 is 109 Å². The van der Waals surface area contributed by atoms with E-state index in [1.165, 1.54) is 43.3 Å². The number of hydrogen-bond donors (Lipinski definition) is 14. The second-order valence-corrected chi connectivity index (χ2v) is 15.7.